The van der Waals surface area contributed by atoms with Crippen LogP contribution in [0.4, 0.5) is 5.69 Å². The summed E-state index contributed by atoms with van der Waals surface area (Å²) in [4.78, 5) is 24.4. The molecule has 1 unspecified atom stereocenters. The number of unbranched alkanes of at least 4 members (excludes halogenated alkanes) is 1. The monoisotopic (exact) mass is 419 g/mol. The largest absolute Gasteiger partial charge is 0.466 e. The van der Waals surface area contributed by atoms with Gasteiger partial charge in [-0.05, 0) is 30.5 Å². The highest BCUT2D eigenvalue weighted by molar-refractivity contribution is 9.09. The van der Waals surface area contributed by atoms with Crippen molar-refractivity contribution < 1.29 is 19.4 Å². The van der Waals surface area contributed by atoms with Crippen molar-refractivity contribution in [2.45, 2.75) is 24.9 Å². The topological polar surface area (TPSA) is 75.6 Å². The number of methoxy groups -OCH3 is 1. The zero-order valence-electron chi connectivity index (χ0n) is 14.6. The molecule has 0 spiro atoms. The number of esters is 1. The number of hydrogen-bond acceptors (Lipinski definition) is 4. The molecule has 2 N–H and O–H groups in total. The lowest BCUT2D eigenvalue weighted by Gasteiger charge is -2.26. The number of alkyl halides is 1. The summed E-state index contributed by atoms with van der Waals surface area (Å²) in [7, 11) is 1.23. The molecule has 0 aliphatic heterocycles. The predicted molar refractivity (Wildman–Crippen MR) is 104 cm³/mol. The molecule has 138 valence electrons. The van der Waals surface area contributed by atoms with Crippen molar-refractivity contribution in [1.29, 1.82) is 0 Å². The van der Waals surface area contributed by atoms with E-state index < -0.39 is 11.6 Å². The molecule has 0 bridgehead atoms. The summed E-state index contributed by atoms with van der Waals surface area (Å²) in [5.41, 5.74) is -0.710. The summed E-state index contributed by atoms with van der Waals surface area (Å²) in [6.45, 7) is 0. The molecule has 0 radical (unpaired) electrons. The van der Waals surface area contributed by atoms with Crippen LogP contribution in [0.25, 0.3) is 0 Å². The van der Waals surface area contributed by atoms with Gasteiger partial charge in [0, 0.05) is 23.0 Å². The molecule has 2 rings (SSSR count). The van der Waals surface area contributed by atoms with Crippen molar-refractivity contribution in [3.8, 4) is 0 Å². The average Bonchev–Trinajstić information content (AvgIpc) is 2.67. The molecule has 0 saturated carbocycles. The molecule has 0 aliphatic carbocycles. The van der Waals surface area contributed by atoms with Gasteiger partial charge in [-0.1, -0.05) is 58.4 Å². The van der Waals surface area contributed by atoms with Crippen molar-refractivity contribution in [3.63, 3.8) is 0 Å². The van der Waals surface area contributed by atoms with Crippen LogP contribution in [0.2, 0.25) is 0 Å². The number of aliphatic hydroxyl groups is 1. The number of halogens is 1. The van der Waals surface area contributed by atoms with Crippen LogP contribution in [-0.4, -0.2) is 29.4 Å². The molecule has 0 aromatic heterocycles. The van der Waals surface area contributed by atoms with Gasteiger partial charge in [0.2, 0.25) is 11.5 Å². The van der Waals surface area contributed by atoms with Gasteiger partial charge in [0.1, 0.15) is 0 Å². The lowest BCUT2D eigenvalue weighted by Crippen LogP contribution is -2.38. The normalized spacial score (nSPS) is 12.9. The molecule has 0 aliphatic rings. The van der Waals surface area contributed by atoms with E-state index in [1.165, 1.54) is 7.11 Å². The molecule has 6 heteroatoms. The maximum atomic E-state index is 12.4. The Morgan fingerprint density at radius 3 is 2.42 bits per heavy atom. The van der Waals surface area contributed by atoms with E-state index in [1.807, 2.05) is 0 Å². The highest BCUT2D eigenvalue weighted by Gasteiger charge is 2.41. The summed E-state index contributed by atoms with van der Waals surface area (Å²) in [5, 5.41) is 14.8. The molecular weight excluding hydrogens is 398 g/mol. The number of carbonyl (C=O) groups excluding carboxylic acids is 2. The Kier molecular flexibility index (Phi) is 7.36. The average molecular weight is 420 g/mol. The Morgan fingerprint density at radius 1 is 1.08 bits per heavy atom. The van der Waals surface area contributed by atoms with Gasteiger partial charge in [-0.25, -0.2) is 4.79 Å². The van der Waals surface area contributed by atoms with Crippen LogP contribution in [0.15, 0.2) is 54.6 Å². The zero-order chi connectivity index (χ0) is 19.0. The van der Waals surface area contributed by atoms with Crippen molar-refractivity contribution >= 4 is 33.5 Å². The third-order valence-electron chi connectivity index (χ3n) is 4.02. The summed E-state index contributed by atoms with van der Waals surface area (Å²) in [6, 6.07) is 15.2. The predicted octanol–water partition coefficient (Wildman–Crippen LogP) is 3.60. The van der Waals surface area contributed by atoms with Gasteiger partial charge in [-0.3, -0.25) is 4.79 Å². The molecule has 2 aromatic carbocycles. The second kappa shape index (κ2) is 9.50. The van der Waals surface area contributed by atoms with Gasteiger partial charge >= 0.3 is 5.97 Å². The maximum Gasteiger partial charge on any atom is 0.347 e. The Hall–Kier alpha value is -2.18. The summed E-state index contributed by atoms with van der Waals surface area (Å²) in [6.07, 6.45) is 2.12. The lowest BCUT2D eigenvalue weighted by molar-refractivity contribution is -0.158. The van der Waals surface area contributed by atoms with Gasteiger partial charge < -0.3 is 15.2 Å². The first kappa shape index (κ1) is 20.1. The molecule has 5 nitrogen and oxygen atoms in total. The van der Waals surface area contributed by atoms with Crippen LogP contribution in [0.5, 0.6) is 0 Å². The second-order valence-corrected chi connectivity index (χ2v) is 6.64. The van der Waals surface area contributed by atoms with Crippen LogP contribution in [0.1, 0.15) is 30.4 Å². The lowest BCUT2D eigenvalue weighted by atomic mass is 9.86. The highest BCUT2D eigenvalue weighted by atomic mass is 79.9. The number of carbonyl (C=O) groups is 2. The number of hydrogen-bond donors (Lipinski definition) is 2. The smallest absolute Gasteiger partial charge is 0.347 e. The van der Waals surface area contributed by atoms with Crippen molar-refractivity contribution in [2.75, 3.05) is 17.8 Å². The first-order chi connectivity index (χ1) is 12.5. The Bertz CT molecular complexity index is 750. The van der Waals surface area contributed by atoms with Crippen molar-refractivity contribution in [3.05, 3.63) is 65.7 Å². The maximum absolute atomic E-state index is 12.4. The molecule has 1 atom stereocenters. The first-order valence-corrected chi connectivity index (χ1v) is 9.47. The molecule has 2 aromatic rings. The van der Waals surface area contributed by atoms with E-state index in [0.717, 1.165) is 18.2 Å². The number of amides is 1. The Labute approximate surface area is 161 Å². The van der Waals surface area contributed by atoms with Crippen LogP contribution in [0, 0.1) is 0 Å². The first-order valence-electron chi connectivity index (χ1n) is 8.35. The molecule has 1 amide bonds. The van der Waals surface area contributed by atoms with Gasteiger partial charge in [-0.15, -0.1) is 0 Å². The second-order valence-electron chi connectivity index (χ2n) is 5.84. The van der Waals surface area contributed by atoms with Crippen LogP contribution in [0.3, 0.4) is 0 Å². The number of rotatable bonds is 8. The number of anilines is 1. The van der Waals surface area contributed by atoms with Crippen LogP contribution < -0.4 is 5.32 Å². The van der Waals surface area contributed by atoms with Gasteiger partial charge in [0.25, 0.3) is 0 Å². The minimum atomic E-state index is -1.95. The molecular formula is C20H22BrNO4. The molecule has 0 saturated heterocycles. The number of ether oxygens (including phenoxy) is 1. The molecule has 26 heavy (non-hydrogen) atoms. The fourth-order valence-electron chi connectivity index (χ4n) is 2.65. The fraction of sp³-hybridized carbons (Fsp3) is 0.300. The van der Waals surface area contributed by atoms with E-state index in [-0.39, 0.29) is 5.91 Å². The number of nitrogens with one attached hydrogen (secondary N) is 1. The standard InChI is InChI=1S/C20H22BrNO4/c1-26-19(24)20(25,15-8-3-2-4-9-15)16-10-7-11-17(14-16)22-18(23)12-5-6-13-21/h2-4,7-11,14,25H,5-6,12-13H2,1H3,(H,22,23). The van der Waals surface area contributed by atoms with Crippen LogP contribution in [-0.2, 0) is 19.9 Å². The summed E-state index contributed by atoms with van der Waals surface area (Å²) >= 11 is 3.34. The van der Waals surface area contributed by atoms with E-state index in [9.17, 15) is 14.7 Å². The Balaban J connectivity index is 2.30. The van der Waals surface area contributed by atoms with Crippen LogP contribution >= 0.6 is 15.9 Å². The quantitative estimate of drug-likeness (QED) is 0.389. The van der Waals surface area contributed by atoms with E-state index in [2.05, 4.69) is 21.2 Å². The highest BCUT2D eigenvalue weighted by Crippen LogP contribution is 2.32. The van der Waals surface area contributed by atoms with Crippen molar-refractivity contribution in [1.82, 2.24) is 0 Å². The summed E-state index contributed by atoms with van der Waals surface area (Å²) in [5.74, 6) is -0.895. The minimum absolute atomic E-state index is 0.107. The third kappa shape index (κ3) is 4.71. The van der Waals surface area contributed by atoms with Crippen molar-refractivity contribution in [2.24, 2.45) is 0 Å². The molecule has 0 fully saturated rings. The number of benzene rings is 2. The summed E-state index contributed by atoms with van der Waals surface area (Å²) < 4.78 is 4.83. The van der Waals surface area contributed by atoms with E-state index in [0.29, 0.717) is 23.2 Å². The molecule has 0 heterocycles. The SMILES string of the molecule is COC(=O)C(O)(c1ccccc1)c1cccc(NC(=O)CCCCBr)c1. The third-order valence-corrected chi connectivity index (χ3v) is 4.58. The minimum Gasteiger partial charge on any atom is -0.466 e. The fourth-order valence-corrected chi connectivity index (χ4v) is 3.05. The van der Waals surface area contributed by atoms with Gasteiger partial charge in [-0.2, -0.15) is 0 Å². The van der Waals surface area contributed by atoms with Gasteiger partial charge in [0.15, 0.2) is 0 Å². The van der Waals surface area contributed by atoms with E-state index in [1.54, 1.807) is 54.6 Å². The van der Waals surface area contributed by atoms with E-state index in [4.69, 9.17) is 4.74 Å². The Morgan fingerprint density at radius 2 is 1.77 bits per heavy atom. The van der Waals surface area contributed by atoms with Gasteiger partial charge in [0.05, 0.1) is 7.11 Å². The zero-order valence-corrected chi connectivity index (χ0v) is 16.2. The van der Waals surface area contributed by atoms with E-state index >= 15 is 0 Å².